The van der Waals surface area contributed by atoms with Crippen LogP contribution in [0.25, 0.3) is 0 Å². The van der Waals surface area contributed by atoms with Gasteiger partial charge >= 0.3 is 0 Å². The largest absolute Gasteiger partial charge is 0.487 e. The molecule has 3 rings (SSSR count). The zero-order valence-electron chi connectivity index (χ0n) is 15.6. The molecule has 0 bridgehead atoms. The highest BCUT2D eigenvalue weighted by Crippen LogP contribution is 2.42. The van der Waals surface area contributed by atoms with Crippen molar-refractivity contribution in [2.45, 2.75) is 51.2 Å². The molecule has 142 valence electrons. The van der Waals surface area contributed by atoms with Crippen LogP contribution in [0.5, 0.6) is 5.75 Å². The molecule has 0 saturated heterocycles. The van der Waals surface area contributed by atoms with Gasteiger partial charge in [-0.25, -0.2) is 0 Å². The number of fused-ring (bicyclic) bond motifs is 1. The Labute approximate surface area is 158 Å². The number of hydrogen-bond acceptors (Lipinski definition) is 4. The maximum Gasteiger partial charge on any atom is 0.273 e. The van der Waals surface area contributed by atoms with Crippen molar-refractivity contribution >= 4 is 11.6 Å². The number of carbonyl (C=O) groups excluding carboxylic acids is 1. The highest BCUT2D eigenvalue weighted by Gasteiger charge is 2.39. The summed E-state index contributed by atoms with van der Waals surface area (Å²) >= 11 is 0. The number of nitro benzene ring substituents is 1. The first kappa shape index (κ1) is 18.9. The van der Waals surface area contributed by atoms with Crippen molar-refractivity contribution in [2.24, 2.45) is 0 Å². The van der Waals surface area contributed by atoms with Gasteiger partial charge in [-0.3, -0.25) is 14.9 Å². The molecule has 0 spiro atoms. The smallest absolute Gasteiger partial charge is 0.273 e. The third kappa shape index (κ3) is 3.94. The van der Waals surface area contributed by atoms with Crippen LogP contribution in [0.4, 0.5) is 5.69 Å². The van der Waals surface area contributed by atoms with E-state index >= 15 is 0 Å². The number of rotatable bonds is 6. The molecule has 1 atom stereocenters. The molecule has 1 aliphatic heterocycles. The summed E-state index contributed by atoms with van der Waals surface area (Å²) in [6.45, 7) is 4.17. The molecule has 27 heavy (non-hydrogen) atoms. The normalized spacial score (nSPS) is 17.5. The Morgan fingerprint density at radius 3 is 2.56 bits per heavy atom. The second-order valence-corrected chi connectivity index (χ2v) is 6.92. The predicted molar refractivity (Wildman–Crippen MR) is 103 cm³/mol. The van der Waals surface area contributed by atoms with Crippen molar-refractivity contribution in [2.75, 3.05) is 0 Å². The van der Waals surface area contributed by atoms with E-state index in [4.69, 9.17) is 4.74 Å². The first-order valence-electron chi connectivity index (χ1n) is 9.27. The van der Waals surface area contributed by atoms with Gasteiger partial charge in [0.25, 0.3) is 5.69 Å². The Morgan fingerprint density at radius 2 is 1.85 bits per heavy atom. The van der Waals surface area contributed by atoms with Gasteiger partial charge < -0.3 is 10.1 Å². The van der Waals surface area contributed by atoms with E-state index in [0.717, 1.165) is 24.2 Å². The number of amides is 1. The molecule has 0 radical (unpaired) electrons. The van der Waals surface area contributed by atoms with Crippen LogP contribution in [0.3, 0.4) is 0 Å². The van der Waals surface area contributed by atoms with Crippen LogP contribution in [-0.4, -0.2) is 16.4 Å². The van der Waals surface area contributed by atoms with Crippen LogP contribution in [0.1, 0.15) is 50.3 Å². The average Bonchev–Trinajstić information content (AvgIpc) is 2.68. The molecule has 1 aliphatic rings. The summed E-state index contributed by atoms with van der Waals surface area (Å²) in [6, 6.07) is 13.9. The highest BCUT2D eigenvalue weighted by molar-refractivity contribution is 5.80. The van der Waals surface area contributed by atoms with E-state index < -0.39 is 4.92 Å². The first-order valence-corrected chi connectivity index (χ1v) is 9.27. The van der Waals surface area contributed by atoms with Gasteiger partial charge in [-0.15, -0.1) is 0 Å². The SMILES string of the molecule is CCC1(CC)C[C@@H](NC(=O)Cc2ccccc2[N+](=O)[O-])c2ccccc2O1. The lowest BCUT2D eigenvalue weighted by atomic mass is 9.83. The second kappa shape index (κ2) is 7.78. The van der Waals surface area contributed by atoms with Gasteiger partial charge in [0, 0.05) is 23.6 Å². The van der Waals surface area contributed by atoms with Crippen molar-refractivity contribution < 1.29 is 14.5 Å². The minimum Gasteiger partial charge on any atom is -0.487 e. The molecule has 1 heterocycles. The Balaban J connectivity index is 1.82. The quantitative estimate of drug-likeness (QED) is 0.607. The van der Waals surface area contributed by atoms with E-state index in [0.29, 0.717) is 12.0 Å². The number of hydrogen-bond donors (Lipinski definition) is 1. The van der Waals surface area contributed by atoms with Crippen molar-refractivity contribution in [1.82, 2.24) is 5.32 Å². The van der Waals surface area contributed by atoms with E-state index in [1.807, 2.05) is 24.3 Å². The van der Waals surface area contributed by atoms with Gasteiger partial charge in [0.1, 0.15) is 11.4 Å². The third-order valence-electron chi connectivity index (χ3n) is 5.36. The maximum absolute atomic E-state index is 12.7. The van der Waals surface area contributed by atoms with Crippen LogP contribution >= 0.6 is 0 Å². The van der Waals surface area contributed by atoms with Crippen LogP contribution in [-0.2, 0) is 11.2 Å². The number of carbonyl (C=O) groups is 1. The number of ether oxygens (including phenoxy) is 1. The predicted octanol–water partition coefficient (Wildman–Crippen LogP) is 4.34. The fourth-order valence-corrected chi connectivity index (χ4v) is 3.69. The lowest BCUT2D eigenvalue weighted by Crippen LogP contribution is -2.44. The summed E-state index contributed by atoms with van der Waals surface area (Å²) in [7, 11) is 0. The zero-order valence-corrected chi connectivity index (χ0v) is 15.6. The number of nitrogens with zero attached hydrogens (tertiary/aromatic N) is 1. The summed E-state index contributed by atoms with van der Waals surface area (Å²) in [6.07, 6.45) is 2.34. The standard InChI is InChI=1S/C21H24N2O4/c1-3-21(4-2)14-17(16-10-6-8-12-19(16)27-21)22-20(24)13-15-9-5-7-11-18(15)23(25)26/h5-12,17H,3-4,13-14H2,1-2H3,(H,22,24)/t17-/m1/s1. The molecule has 0 aromatic heterocycles. The van der Waals surface area contributed by atoms with Crippen LogP contribution in [0, 0.1) is 10.1 Å². The molecule has 0 aliphatic carbocycles. The molecule has 2 aromatic carbocycles. The van der Waals surface area contributed by atoms with E-state index in [9.17, 15) is 14.9 Å². The summed E-state index contributed by atoms with van der Waals surface area (Å²) in [4.78, 5) is 23.4. The zero-order chi connectivity index (χ0) is 19.4. The van der Waals surface area contributed by atoms with Gasteiger partial charge in [0.05, 0.1) is 17.4 Å². The van der Waals surface area contributed by atoms with Crippen LogP contribution in [0.15, 0.2) is 48.5 Å². The van der Waals surface area contributed by atoms with Gasteiger partial charge in [-0.1, -0.05) is 50.2 Å². The van der Waals surface area contributed by atoms with Crippen molar-refractivity contribution in [1.29, 1.82) is 0 Å². The molecule has 0 fully saturated rings. The molecule has 1 N–H and O–H groups in total. The van der Waals surface area contributed by atoms with Crippen LogP contribution in [0.2, 0.25) is 0 Å². The van der Waals surface area contributed by atoms with Crippen molar-refractivity contribution in [3.8, 4) is 5.75 Å². The molecule has 1 amide bonds. The number of benzene rings is 2. The Kier molecular flexibility index (Phi) is 5.44. The monoisotopic (exact) mass is 368 g/mol. The van der Waals surface area contributed by atoms with Gasteiger partial charge in [0.2, 0.25) is 5.91 Å². The topological polar surface area (TPSA) is 81.5 Å². The van der Waals surface area contributed by atoms with Gasteiger partial charge in [-0.2, -0.15) is 0 Å². The fourth-order valence-electron chi connectivity index (χ4n) is 3.69. The average molecular weight is 368 g/mol. The van der Waals surface area contributed by atoms with E-state index in [1.165, 1.54) is 6.07 Å². The van der Waals surface area contributed by atoms with E-state index in [-0.39, 0.29) is 29.7 Å². The number of nitro groups is 1. The Bertz CT molecular complexity index is 846. The molecular weight excluding hydrogens is 344 g/mol. The van der Waals surface area contributed by atoms with Gasteiger partial charge in [0.15, 0.2) is 0 Å². The maximum atomic E-state index is 12.7. The van der Waals surface area contributed by atoms with Gasteiger partial charge in [-0.05, 0) is 18.9 Å². The molecule has 2 aromatic rings. The lowest BCUT2D eigenvalue weighted by Gasteiger charge is -2.41. The summed E-state index contributed by atoms with van der Waals surface area (Å²) in [5.74, 6) is 0.565. The molecule has 6 heteroatoms. The van der Waals surface area contributed by atoms with Crippen molar-refractivity contribution in [3.05, 3.63) is 69.8 Å². The minimum atomic E-state index is -0.453. The van der Waals surface area contributed by atoms with E-state index in [2.05, 4.69) is 19.2 Å². The summed E-state index contributed by atoms with van der Waals surface area (Å²) in [5.41, 5.74) is 1.02. The molecule has 0 saturated carbocycles. The second-order valence-electron chi connectivity index (χ2n) is 6.92. The Morgan fingerprint density at radius 1 is 1.19 bits per heavy atom. The highest BCUT2D eigenvalue weighted by atomic mass is 16.6. The summed E-state index contributed by atoms with van der Waals surface area (Å²) < 4.78 is 6.26. The lowest BCUT2D eigenvalue weighted by molar-refractivity contribution is -0.385. The third-order valence-corrected chi connectivity index (χ3v) is 5.36. The van der Waals surface area contributed by atoms with E-state index in [1.54, 1.807) is 18.2 Å². The molecular formula is C21H24N2O4. The summed E-state index contributed by atoms with van der Waals surface area (Å²) in [5, 5.41) is 14.2. The fraction of sp³-hybridized carbons (Fsp3) is 0.381. The number of para-hydroxylation sites is 2. The molecule has 6 nitrogen and oxygen atoms in total. The Hall–Kier alpha value is -2.89. The van der Waals surface area contributed by atoms with Crippen LogP contribution < -0.4 is 10.1 Å². The number of nitrogens with one attached hydrogen (secondary N) is 1. The minimum absolute atomic E-state index is 0.0259. The first-order chi connectivity index (χ1) is 13.0. The molecule has 0 unspecified atom stereocenters. The van der Waals surface area contributed by atoms with Crippen molar-refractivity contribution in [3.63, 3.8) is 0 Å².